The number of rotatable bonds is 13. The first-order valence-corrected chi connectivity index (χ1v) is 46.0. The fourth-order valence-electron chi connectivity index (χ4n) is 16.8. The van der Waals surface area contributed by atoms with E-state index in [1.807, 2.05) is 303 Å². The first-order chi connectivity index (χ1) is 67.2. The van der Waals surface area contributed by atoms with Gasteiger partial charge in [0.05, 0.1) is 11.6 Å². The summed E-state index contributed by atoms with van der Waals surface area (Å²) < 4.78 is 6.23. The Kier molecular flexibility index (Phi) is 43.9. The Morgan fingerprint density at radius 1 is 0.280 bits per heavy atom. The van der Waals surface area contributed by atoms with Gasteiger partial charge in [-0.1, -0.05) is 223 Å². The number of pyridine rings is 5. The minimum atomic E-state index is 0. The number of para-hydroxylation sites is 1. The van der Waals surface area contributed by atoms with Crippen molar-refractivity contribution in [2.75, 3.05) is 0 Å². The summed E-state index contributed by atoms with van der Waals surface area (Å²) in [5, 5.41) is 9.07. The van der Waals surface area contributed by atoms with Crippen LogP contribution < -0.4 is 0 Å². The average molecular weight is 2920 g/mol. The largest absolute Gasteiger partial charge is 0.340 e. The van der Waals surface area contributed by atoms with E-state index in [9.17, 15) is 0 Å². The van der Waals surface area contributed by atoms with Gasteiger partial charge in [0.15, 0.2) is 0 Å². The molecule has 1 aliphatic rings. The molecule has 0 atom stereocenters. The summed E-state index contributed by atoms with van der Waals surface area (Å²) in [6, 6.07) is 154. The molecule has 8 aromatic heterocycles. The monoisotopic (exact) mass is 2930 g/mol. The Hall–Kier alpha value is -13.1. The molecule has 23 rings (SSSR count). The molecule has 17 heteroatoms. The molecule has 0 unspecified atom stereocenters. The summed E-state index contributed by atoms with van der Waals surface area (Å²) in [4.78, 5) is 30.8. The first kappa shape index (κ1) is 112. The zero-order valence-corrected chi connectivity index (χ0v) is 94.7. The summed E-state index contributed by atoms with van der Waals surface area (Å²) >= 11 is 0. The van der Waals surface area contributed by atoms with Crippen molar-refractivity contribution in [2.45, 2.75) is 79.6 Å². The van der Waals surface area contributed by atoms with E-state index in [0.717, 1.165) is 84.7 Å². The van der Waals surface area contributed by atoms with Crippen LogP contribution in [0.5, 0.6) is 0 Å². The molecule has 0 amide bonds. The molecular weight excluding hydrogens is 2820 g/mol. The maximum atomic E-state index is 4.60. The quantitative estimate of drug-likeness (QED) is 0.105. The third-order valence-corrected chi connectivity index (χ3v) is 23.3. The third kappa shape index (κ3) is 28.9. The van der Waals surface area contributed by atoms with E-state index in [1.54, 1.807) is 24.8 Å². The molecular formula is C126H103Ir6N11-8. The zero-order chi connectivity index (χ0) is 94.5. The SMILES string of the molecule is CC(C)c1cccc(C(C)C)c1-n1ccnc1-c1[c-]cccc1.CC1(C)c2ccccc2-c2c[c-]c(-n3cccn3)cc21.Cc1cc(C)c(-n2ccnc2-c2[c-]cccc2)c(C)c1.[Ir].[Ir].[Ir].[Ir].[Ir].[Ir].[c-]1ccc(-c2ccccc2)cc1-c1ccccn1.[c-]1ccccc1-c1ccccn1.[c-]1ccccc1-c1ccccn1.[c-]1ccccc1-c1nccc2ccccc12.[c-]1ccccc1-c1nccc2ccccc12. The van der Waals surface area contributed by atoms with Crippen molar-refractivity contribution < 1.29 is 121 Å². The van der Waals surface area contributed by atoms with E-state index in [2.05, 4.69) is 287 Å². The van der Waals surface area contributed by atoms with E-state index in [1.165, 1.54) is 94.1 Å². The molecule has 0 N–H and O–H groups in total. The van der Waals surface area contributed by atoms with Crippen molar-refractivity contribution in [3.63, 3.8) is 0 Å². The first-order valence-electron chi connectivity index (χ1n) is 46.0. The van der Waals surface area contributed by atoms with Gasteiger partial charge < -0.3 is 34.1 Å². The van der Waals surface area contributed by atoms with Crippen LogP contribution in [0.4, 0.5) is 0 Å². The van der Waals surface area contributed by atoms with Gasteiger partial charge in [-0.05, 0) is 164 Å². The van der Waals surface area contributed by atoms with Crippen molar-refractivity contribution >= 4 is 21.5 Å². The van der Waals surface area contributed by atoms with Crippen LogP contribution in [0.1, 0.15) is 92.3 Å². The average Bonchev–Trinajstić information content (AvgIpc) is 1.58. The standard InChI is InChI=1S/C21H23N2.C18H15N2.C18H17N2.C17H12N.2C15H10N.2C11H8N.6Ir/c1-15(2)18-11-8-12-19(16(3)4)20(18)23-14-13-22-21(23)17-9-6-5-7-10-17;1-18(2)16-7-4-3-6-14(16)15-9-8-13(12-17(15)18)20-11-5-10-19-20;1-13-11-14(2)17(15(3)12-13)20-10-9-19-18(20)16-7-5-4-6-8-16;1-2-7-14(8-3-1)15-9-6-10-16(13-15)17-11-4-5-12-18-17;2*1-2-7-13(8-3-1)15-14-9-5-4-6-12(14)10-11-16-15;2*1-2-6-10(7-3-1)11-8-4-5-9-12-11;;;;;;/h5-9,11-16H,1-4H3;3-7,9-12H,1-2H3;4-7,9-12H,1-3H3;1-9,11-13H;2*1-7,9-11H;2*1-6,8-9H;;;;;;/q8*-1;;;;;;. The van der Waals surface area contributed by atoms with Gasteiger partial charge in [-0.3, -0.25) is 14.6 Å². The summed E-state index contributed by atoms with van der Waals surface area (Å²) in [5.41, 5.74) is 29.9. The molecule has 0 saturated heterocycles. The van der Waals surface area contributed by atoms with Crippen LogP contribution in [0.2, 0.25) is 0 Å². The molecule has 0 spiro atoms. The van der Waals surface area contributed by atoms with Crippen molar-refractivity contribution in [2.24, 2.45) is 0 Å². The molecule has 11 nitrogen and oxygen atoms in total. The molecule has 0 saturated carbocycles. The molecule has 724 valence electrons. The number of aryl methyl sites for hydroxylation is 3. The number of fused-ring (bicyclic) bond motifs is 5. The zero-order valence-electron chi connectivity index (χ0n) is 80.3. The Morgan fingerprint density at radius 2 is 0.692 bits per heavy atom. The smallest absolute Gasteiger partial charge is 0.0602 e. The van der Waals surface area contributed by atoms with E-state index in [0.29, 0.717) is 11.8 Å². The van der Waals surface area contributed by atoms with Gasteiger partial charge in [-0.25, -0.2) is 0 Å². The van der Waals surface area contributed by atoms with Crippen LogP contribution in [-0.2, 0) is 126 Å². The van der Waals surface area contributed by atoms with Gasteiger partial charge in [0.2, 0.25) is 0 Å². The van der Waals surface area contributed by atoms with Gasteiger partial charge >= 0.3 is 0 Å². The molecule has 14 aromatic carbocycles. The number of imidazole rings is 2. The van der Waals surface area contributed by atoms with E-state index < -0.39 is 0 Å². The van der Waals surface area contributed by atoms with Crippen LogP contribution in [-0.4, -0.2) is 53.8 Å². The second-order valence-electron chi connectivity index (χ2n) is 33.8. The number of nitrogens with zero attached hydrogens (tertiary/aromatic N) is 11. The molecule has 0 fully saturated rings. The van der Waals surface area contributed by atoms with Crippen LogP contribution in [0, 0.1) is 69.3 Å². The minimum absolute atomic E-state index is 0. The summed E-state index contributed by atoms with van der Waals surface area (Å²) in [6.45, 7) is 20.0. The van der Waals surface area contributed by atoms with Gasteiger partial charge in [0.1, 0.15) is 0 Å². The second-order valence-corrected chi connectivity index (χ2v) is 33.8. The summed E-state index contributed by atoms with van der Waals surface area (Å²) in [7, 11) is 0. The molecule has 22 aromatic rings. The number of hydrogen-bond donors (Lipinski definition) is 0. The number of hydrogen-bond acceptors (Lipinski definition) is 8. The van der Waals surface area contributed by atoms with Crippen LogP contribution >= 0.6 is 0 Å². The van der Waals surface area contributed by atoms with Gasteiger partial charge in [0.25, 0.3) is 0 Å². The molecule has 143 heavy (non-hydrogen) atoms. The van der Waals surface area contributed by atoms with Crippen molar-refractivity contribution in [1.82, 2.24) is 53.8 Å². The van der Waals surface area contributed by atoms with Crippen molar-refractivity contribution in [3.8, 4) is 118 Å². The number of benzene rings is 14. The molecule has 1 aliphatic carbocycles. The number of aromatic nitrogens is 11. The molecule has 8 heterocycles. The van der Waals surface area contributed by atoms with Crippen molar-refractivity contribution in [3.05, 3.63) is 538 Å². The predicted molar refractivity (Wildman–Crippen MR) is 561 cm³/mol. The summed E-state index contributed by atoms with van der Waals surface area (Å²) in [6.07, 6.45) is 20.6. The Balaban J connectivity index is 0.000000168. The Labute approximate surface area is 922 Å². The minimum Gasteiger partial charge on any atom is -0.340 e. The predicted octanol–water partition coefficient (Wildman–Crippen LogP) is 30.5. The van der Waals surface area contributed by atoms with E-state index in [4.69, 9.17) is 0 Å². The maximum absolute atomic E-state index is 4.60. The van der Waals surface area contributed by atoms with Crippen LogP contribution in [0.3, 0.4) is 0 Å². The third-order valence-electron chi connectivity index (χ3n) is 23.3. The van der Waals surface area contributed by atoms with Gasteiger partial charge in [-0.15, -0.1) is 268 Å². The summed E-state index contributed by atoms with van der Waals surface area (Å²) in [5.74, 6) is 2.79. The normalized spacial score (nSPS) is 10.7. The maximum Gasteiger partial charge on any atom is 0.0602 e. The van der Waals surface area contributed by atoms with Crippen LogP contribution in [0.15, 0.2) is 450 Å². The van der Waals surface area contributed by atoms with Crippen LogP contribution in [0.25, 0.3) is 140 Å². The molecule has 0 bridgehead atoms. The second kappa shape index (κ2) is 56.1. The Bertz CT molecular complexity index is 7180. The topological polar surface area (TPSA) is 118 Å². The fourth-order valence-corrected chi connectivity index (χ4v) is 16.8. The Morgan fingerprint density at radius 3 is 1.13 bits per heavy atom. The van der Waals surface area contributed by atoms with E-state index in [-0.39, 0.29) is 126 Å². The molecule has 0 aliphatic heterocycles. The van der Waals surface area contributed by atoms with Gasteiger partial charge in [0, 0.05) is 200 Å². The van der Waals surface area contributed by atoms with E-state index >= 15 is 0 Å². The fraction of sp³-hybridized carbons (Fsp3) is 0.0952. The molecule has 6 radical (unpaired) electrons. The van der Waals surface area contributed by atoms with Gasteiger partial charge in [-0.2, -0.15) is 17.2 Å². The van der Waals surface area contributed by atoms with Crippen molar-refractivity contribution in [1.29, 1.82) is 0 Å².